The molecule has 1 unspecified atom stereocenters. The summed E-state index contributed by atoms with van der Waals surface area (Å²) in [5, 5.41) is 2.62. The number of amides is 1. The number of likely N-dealkylation sites (tertiary alicyclic amines) is 1. The quantitative estimate of drug-likeness (QED) is 0.784. The Bertz CT molecular complexity index is 859. The summed E-state index contributed by atoms with van der Waals surface area (Å²) in [6.07, 6.45) is 1.38. The van der Waals surface area contributed by atoms with Crippen molar-refractivity contribution < 1.29 is 18.4 Å². The predicted molar refractivity (Wildman–Crippen MR) is 104 cm³/mol. The summed E-state index contributed by atoms with van der Waals surface area (Å²) < 4.78 is 26.3. The molecule has 6 heteroatoms. The smallest absolute Gasteiger partial charge is 0.241 e. The summed E-state index contributed by atoms with van der Waals surface area (Å²) in [6, 6.07) is 10.5. The number of nitrogens with one attached hydrogen (secondary N) is 1. The fraction of sp³-hybridized carbons (Fsp3) is 0.364. The molecule has 148 valence electrons. The van der Waals surface area contributed by atoms with Crippen molar-refractivity contribution in [3.63, 3.8) is 0 Å². The Morgan fingerprint density at radius 2 is 1.68 bits per heavy atom. The van der Waals surface area contributed by atoms with E-state index in [4.69, 9.17) is 0 Å². The number of anilines is 1. The number of hydrogen-bond donors (Lipinski definition) is 1. The van der Waals surface area contributed by atoms with E-state index in [2.05, 4.69) is 5.32 Å². The molecule has 0 spiro atoms. The summed E-state index contributed by atoms with van der Waals surface area (Å²) >= 11 is 0. The van der Waals surface area contributed by atoms with Crippen LogP contribution in [0.1, 0.15) is 35.7 Å². The Kier molecular flexibility index (Phi) is 6.19. The molecule has 1 aliphatic heterocycles. The molecule has 1 heterocycles. The van der Waals surface area contributed by atoms with Crippen molar-refractivity contribution in [2.24, 2.45) is 5.92 Å². The number of aryl methyl sites for hydroxylation is 1. The molecule has 2 aromatic carbocycles. The van der Waals surface area contributed by atoms with Crippen molar-refractivity contribution in [1.29, 1.82) is 0 Å². The second kappa shape index (κ2) is 8.61. The highest BCUT2D eigenvalue weighted by Crippen LogP contribution is 2.24. The van der Waals surface area contributed by atoms with Gasteiger partial charge in [-0.25, -0.2) is 8.78 Å². The lowest BCUT2D eigenvalue weighted by Crippen LogP contribution is -2.47. The number of halogens is 2. The van der Waals surface area contributed by atoms with Crippen LogP contribution in [-0.2, 0) is 4.79 Å². The van der Waals surface area contributed by atoms with E-state index in [1.54, 1.807) is 6.92 Å². The average Bonchev–Trinajstić information content (AvgIpc) is 2.70. The Hall–Kier alpha value is -2.60. The van der Waals surface area contributed by atoms with Gasteiger partial charge in [0.2, 0.25) is 5.91 Å². The zero-order chi connectivity index (χ0) is 20.3. The molecule has 0 saturated carbocycles. The van der Waals surface area contributed by atoms with Gasteiger partial charge in [0.1, 0.15) is 0 Å². The molecule has 0 aliphatic carbocycles. The topological polar surface area (TPSA) is 49.4 Å². The lowest BCUT2D eigenvalue weighted by Gasteiger charge is -2.34. The molecule has 28 heavy (non-hydrogen) atoms. The first-order valence-corrected chi connectivity index (χ1v) is 9.46. The first-order valence-electron chi connectivity index (χ1n) is 9.46. The zero-order valence-corrected chi connectivity index (χ0v) is 16.0. The third-order valence-electron chi connectivity index (χ3n) is 5.35. The molecule has 3 rings (SSSR count). The van der Waals surface area contributed by atoms with Crippen LogP contribution in [0.25, 0.3) is 0 Å². The van der Waals surface area contributed by atoms with Gasteiger partial charge in [-0.2, -0.15) is 0 Å². The summed E-state index contributed by atoms with van der Waals surface area (Å²) in [7, 11) is 0. The van der Waals surface area contributed by atoms with Crippen molar-refractivity contribution >= 4 is 17.4 Å². The lowest BCUT2D eigenvalue weighted by molar-refractivity contribution is -0.121. The Labute approximate surface area is 163 Å². The lowest BCUT2D eigenvalue weighted by atomic mass is 9.88. The minimum Gasteiger partial charge on any atom is -0.325 e. The van der Waals surface area contributed by atoms with Gasteiger partial charge in [-0.3, -0.25) is 14.5 Å². The third kappa shape index (κ3) is 4.62. The van der Waals surface area contributed by atoms with E-state index in [0.717, 1.165) is 23.3 Å². The zero-order valence-electron chi connectivity index (χ0n) is 16.0. The normalized spacial score (nSPS) is 16.6. The largest absolute Gasteiger partial charge is 0.325 e. The van der Waals surface area contributed by atoms with Gasteiger partial charge in [-0.1, -0.05) is 29.8 Å². The highest BCUT2D eigenvalue weighted by atomic mass is 19.2. The molecular weight excluding hydrogens is 362 g/mol. The molecule has 1 aliphatic rings. The van der Waals surface area contributed by atoms with Gasteiger partial charge in [0, 0.05) is 23.2 Å². The molecular formula is C22H24F2N2O2. The number of benzene rings is 2. The van der Waals surface area contributed by atoms with E-state index in [1.165, 1.54) is 6.07 Å². The van der Waals surface area contributed by atoms with Crippen LogP contribution in [-0.4, -0.2) is 35.7 Å². The van der Waals surface area contributed by atoms with Crippen LogP contribution in [0.3, 0.4) is 0 Å². The number of carbonyl (C=O) groups excluding carboxylic acids is 2. The van der Waals surface area contributed by atoms with Crippen LogP contribution in [0, 0.1) is 24.5 Å². The standard InChI is InChI=1S/C22H24F2N2O2/c1-14-3-5-16(6-4-14)21(27)17-9-11-26(12-10-17)15(2)22(28)25-18-7-8-19(23)20(24)13-18/h3-8,13,15,17H,9-12H2,1-2H3,(H,25,28). The van der Waals surface area contributed by atoms with Crippen LogP contribution >= 0.6 is 0 Å². The van der Waals surface area contributed by atoms with Crippen LogP contribution in [0.4, 0.5) is 14.5 Å². The summed E-state index contributed by atoms with van der Waals surface area (Å²) in [5.74, 6) is -2.12. The maximum Gasteiger partial charge on any atom is 0.241 e. The first kappa shape index (κ1) is 20.1. The number of ketones is 1. The molecule has 1 N–H and O–H groups in total. The number of nitrogens with zero attached hydrogens (tertiary/aromatic N) is 1. The van der Waals surface area contributed by atoms with Crippen molar-refractivity contribution in [3.8, 4) is 0 Å². The predicted octanol–water partition coefficient (Wildman–Crippen LogP) is 4.20. The van der Waals surface area contributed by atoms with Gasteiger partial charge >= 0.3 is 0 Å². The van der Waals surface area contributed by atoms with Crippen LogP contribution in [0.15, 0.2) is 42.5 Å². The molecule has 0 aromatic heterocycles. The Balaban J connectivity index is 1.54. The van der Waals surface area contributed by atoms with E-state index >= 15 is 0 Å². The molecule has 0 bridgehead atoms. The Morgan fingerprint density at radius 1 is 1.04 bits per heavy atom. The van der Waals surface area contributed by atoms with Crippen LogP contribution < -0.4 is 5.32 Å². The van der Waals surface area contributed by atoms with Crippen molar-refractivity contribution in [2.75, 3.05) is 18.4 Å². The maximum absolute atomic E-state index is 13.3. The molecule has 1 atom stereocenters. The maximum atomic E-state index is 13.3. The van der Waals surface area contributed by atoms with Gasteiger partial charge in [0.05, 0.1) is 6.04 Å². The third-order valence-corrected chi connectivity index (χ3v) is 5.35. The monoisotopic (exact) mass is 386 g/mol. The second-order valence-electron chi connectivity index (χ2n) is 7.33. The van der Waals surface area contributed by atoms with E-state index in [9.17, 15) is 18.4 Å². The average molecular weight is 386 g/mol. The highest BCUT2D eigenvalue weighted by Gasteiger charge is 2.30. The first-order chi connectivity index (χ1) is 13.3. The van der Waals surface area contributed by atoms with Gasteiger partial charge in [-0.05, 0) is 51.9 Å². The van der Waals surface area contributed by atoms with E-state index in [0.29, 0.717) is 25.9 Å². The fourth-order valence-electron chi connectivity index (χ4n) is 3.49. The van der Waals surface area contributed by atoms with Crippen molar-refractivity contribution in [1.82, 2.24) is 4.90 Å². The summed E-state index contributed by atoms with van der Waals surface area (Å²) in [4.78, 5) is 27.1. The number of Topliss-reactive ketones (excluding diaryl/α,β-unsaturated/α-hetero) is 1. The van der Waals surface area contributed by atoms with Gasteiger partial charge in [0.25, 0.3) is 0 Å². The molecule has 2 aromatic rings. The second-order valence-corrected chi connectivity index (χ2v) is 7.33. The SMILES string of the molecule is Cc1ccc(C(=O)C2CCN(C(C)C(=O)Nc3ccc(F)c(F)c3)CC2)cc1. The Morgan fingerprint density at radius 3 is 2.29 bits per heavy atom. The van der Waals surface area contributed by atoms with Crippen molar-refractivity contribution in [3.05, 3.63) is 65.2 Å². The summed E-state index contributed by atoms with van der Waals surface area (Å²) in [5.41, 5.74) is 2.07. The number of carbonyl (C=O) groups is 2. The molecule has 1 amide bonds. The molecule has 1 saturated heterocycles. The van der Waals surface area contributed by atoms with Crippen LogP contribution in [0.2, 0.25) is 0 Å². The van der Waals surface area contributed by atoms with Crippen molar-refractivity contribution in [2.45, 2.75) is 32.7 Å². The minimum atomic E-state index is -0.999. The van der Waals surface area contributed by atoms with Gasteiger partial charge in [0.15, 0.2) is 17.4 Å². The van der Waals surface area contributed by atoms with Crippen LogP contribution in [0.5, 0.6) is 0 Å². The number of hydrogen-bond acceptors (Lipinski definition) is 3. The van der Waals surface area contributed by atoms with E-state index in [-0.39, 0.29) is 23.3 Å². The summed E-state index contributed by atoms with van der Waals surface area (Å²) in [6.45, 7) is 5.03. The van der Waals surface area contributed by atoms with E-state index < -0.39 is 17.7 Å². The van der Waals surface area contributed by atoms with Gasteiger partial charge in [-0.15, -0.1) is 0 Å². The molecule has 4 nitrogen and oxygen atoms in total. The highest BCUT2D eigenvalue weighted by molar-refractivity contribution is 5.98. The number of piperidine rings is 1. The molecule has 1 fully saturated rings. The fourth-order valence-corrected chi connectivity index (χ4v) is 3.49. The van der Waals surface area contributed by atoms with E-state index in [1.807, 2.05) is 36.1 Å². The number of rotatable bonds is 5. The van der Waals surface area contributed by atoms with Gasteiger partial charge < -0.3 is 5.32 Å². The molecule has 0 radical (unpaired) electrons. The minimum absolute atomic E-state index is 0.0413.